The molecule has 112 valence electrons. The average Bonchev–Trinajstić information content (AvgIpc) is 3.03. The zero-order chi connectivity index (χ0) is 14.7. The van der Waals surface area contributed by atoms with Crippen molar-refractivity contribution in [3.8, 4) is 0 Å². The standard InChI is InChI=1S/C13H18N6O2/c14-12(20)18-16-8-2-4-5-3-9(17-19-13(15)21)11-7(5)1-6(4)10(8)11/h4-7,10-11H,1-3H2,(H3,14,18,20)(H3,15,19,21)/b16-8+,17-9+/t4-,5-,6-,7-,10-,11-/m1/s1. The Morgan fingerprint density at radius 3 is 1.67 bits per heavy atom. The maximum absolute atomic E-state index is 10.9. The van der Waals surface area contributed by atoms with Gasteiger partial charge in [-0.2, -0.15) is 10.2 Å². The lowest BCUT2D eigenvalue weighted by atomic mass is 9.79. The number of hydrogen-bond donors (Lipinski definition) is 4. The summed E-state index contributed by atoms with van der Waals surface area (Å²) in [7, 11) is 0. The van der Waals surface area contributed by atoms with Crippen LogP contribution in [0.4, 0.5) is 9.59 Å². The van der Waals surface area contributed by atoms with Crippen molar-refractivity contribution in [3.63, 3.8) is 0 Å². The van der Waals surface area contributed by atoms with Gasteiger partial charge < -0.3 is 11.5 Å². The minimum atomic E-state index is -0.634. The predicted octanol–water partition coefficient (Wildman–Crippen LogP) is -0.0431. The Bertz CT molecular complexity index is 531. The van der Waals surface area contributed by atoms with Gasteiger partial charge in [0.25, 0.3) is 0 Å². The van der Waals surface area contributed by atoms with Crippen LogP contribution in [0.1, 0.15) is 19.3 Å². The number of nitrogens with two attached hydrogens (primary N) is 2. The number of hydrogen-bond acceptors (Lipinski definition) is 4. The Kier molecular flexibility index (Phi) is 2.51. The monoisotopic (exact) mass is 290 g/mol. The number of rotatable bonds is 2. The number of carbonyl (C=O) groups is 2. The van der Waals surface area contributed by atoms with Gasteiger partial charge in [0.1, 0.15) is 0 Å². The number of fused-ring (bicyclic) bond motifs is 2. The van der Waals surface area contributed by atoms with E-state index >= 15 is 0 Å². The fourth-order valence-corrected chi connectivity index (χ4v) is 5.42. The van der Waals surface area contributed by atoms with Gasteiger partial charge in [0.15, 0.2) is 0 Å². The van der Waals surface area contributed by atoms with E-state index in [9.17, 15) is 9.59 Å². The van der Waals surface area contributed by atoms with Gasteiger partial charge in [-0.1, -0.05) is 0 Å². The lowest BCUT2D eigenvalue weighted by Crippen LogP contribution is -2.32. The first kappa shape index (κ1) is 12.6. The normalized spacial score (nSPS) is 45.5. The third kappa shape index (κ3) is 1.68. The van der Waals surface area contributed by atoms with Crippen LogP contribution < -0.4 is 22.3 Å². The molecular weight excluding hydrogens is 272 g/mol. The Morgan fingerprint density at radius 1 is 0.857 bits per heavy atom. The predicted molar refractivity (Wildman–Crippen MR) is 75.1 cm³/mol. The maximum Gasteiger partial charge on any atom is 0.332 e. The molecule has 0 unspecified atom stereocenters. The summed E-state index contributed by atoms with van der Waals surface area (Å²) < 4.78 is 0. The molecule has 0 heterocycles. The summed E-state index contributed by atoms with van der Waals surface area (Å²) in [6, 6.07) is -1.27. The van der Waals surface area contributed by atoms with E-state index in [0.29, 0.717) is 35.5 Å². The number of nitrogens with zero attached hydrogens (tertiary/aromatic N) is 2. The van der Waals surface area contributed by atoms with Crippen LogP contribution in [0.5, 0.6) is 0 Å². The summed E-state index contributed by atoms with van der Waals surface area (Å²) in [5, 5.41) is 8.43. The van der Waals surface area contributed by atoms with Crippen LogP contribution in [0.3, 0.4) is 0 Å². The third-order valence-electron chi connectivity index (χ3n) is 5.78. The highest BCUT2D eigenvalue weighted by Gasteiger charge is 2.67. The average molecular weight is 290 g/mol. The van der Waals surface area contributed by atoms with Crippen molar-refractivity contribution in [3.05, 3.63) is 0 Å². The van der Waals surface area contributed by atoms with Crippen LogP contribution in [0.2, 0.25) is 0 Å². The van der Waals surface area contributed by atoms with Crippen molar-refractivity contribution in [2.24, 2.45) is 57.2 Å². The highest BCUT2D eigenvalue weighted by Crippen LogP contribution is 2.68. The number of hydrazone groups is 2. The molecule has 21 heavy (non-hydrogen) atoms. The Hall–Kier alpha value is -2.12. The molecule has 4 amide bonds. The summed E-state index contributed by atoms with van der Waals surface area (Å²) in [6.07, 6.45) is 3.10. The van der Waals surface area contributed by atoms with Crippen molar-refractivity contribution in [2.75, 3.05) is 0 Å². The zero-order valence-corrected chi connectivity index (χ0v) is 11.5. The molecule has 0 aromatic rings. The van der Waals surface area contributed by atoms with Crippen molar-refractivity contribution >= 4 is 23.5 Å². The van der Waals surface area contributed by atoms with E-state index in [0.717, 1.165) is 24.3 Å². The van der Waals surface area contributed by atoms with Gasteiger partial charge in [0.2, 0.25) is 0 Å². The molecule has 8 nitrogen and oxygen atoms in total. The Balaban J connectivity index is 1.63. The molecule has 4 aliphatic carbocycles. The molecule has 0 radical (unpaired) electrons. The summed E-state index contributed by atoms with van der Waals surface area (Å²) in [6.45, 7) is 0. The molecule has 4 rings (SSSR count). The summed E-state index contributed by atoms with van der Waals surface area (Å²) in [4.78, 5) is 21.7. The molecule has 2 bridgehead atoms. The van der Waals surface area contributed by atoms with Gasteiger partial charge >= 0.3 is 12.1 Å². The Labute approximate surface area is 121 Å². The minimum absolute atomic E-state index is 0.332. The van der Waals surface area contributed by atoms with Crippen LogP contribution in [0.25, 0.3) is 0 Å². The lowest BCUT2D eigenvalue weighted by Gasteiger charge is -2.24. The van der Waals surface area contributed by atoms with E-state index in [1.54, 1.807) is 0 Å². The second kappa shape index (κ2) is 4.19. The van der Waals surface area contributed by atoms with E-state index in [4.69, 9.17) is 11.5 Å². The van der Waals surface area contributed by atoms with Crippen molar-refractivity contribution < 1.29 is 9.59 Å². The van der Waals surface area contributed by atoms with Gasteiger partial charge in [-0.25, -0.2) is 20.4 Å². The number of primary amides is 2. The second-order valence-electron chi connectivity index (χ2n) is 6.51. The molecule has 0 aromatic heterocycles. The van der Waals surface area contributed by atoms with Crippen LogP contribution in [0, 0.1) is 35.5 Å². The SMILES string of the molecule is NC(=O)N/N=C1\C[C@@H]2[C@H]3C/C(=N\NC(N)=O)[C@H]4[C@@H]3C[C@H]2[C@H]14. The van der Waals surface area contributed by atoms with E-state index in [2.05, 4.69) is 21.1 Å². The first-order valence-electron chi connectivity index (χ1n) is 7.30. The molecule has 6 N–H and O–H groups in total. The smallest absolute Gasteiger partial charge is 0.332 e. The highest BCUT2D eigenvalue weighted by atomic mass is 16.2. The highest BCUT2D eigenvalue weighted by molar-refractivity contribution is 6.01. The molecule has 0 aliphatic heterocycles. The molecule has 8 heteroatoms. The van der Waals surface area contributed by atoms with Gasteiger partial charge in [-0.3, -0.25) is 0 Å². The van der Waals surface area contributed by atoms with Gasteiger partial charge in [0.05, 0.1) is 0 Å². The van der Waals surface area contributed by atoms with E-state index in [-0.39, 0.29) is 0 Å². The fourth-order valence-electron chi connectivity index (χ4n) is 5.42. The molecule has 0 saturated heterocycles. The van der Waals surface area contributed by atoms with Crippen LogP contribution in [0.15, 0.2) is 10.2 Å². The first-order valence-corrected chi connectivity index (χ1v) is 7.30. The van der Waals surface area contributed by atoms with E-state index in [1.807, 2.05) is 0 Å². The first-order chi connectivity index (χ1) is 10.1. The zero-order valence-electron chi connectivity index (χ0n) is 11.5. The summed E-state index contributed by atoms with van der Waals surface area (Å²) in [5.41, 5.74) is 17.0. The fraction of sp³-hybridized carbons (Fsp3) is 0.692. The molecule has 4 aliphatic rings. The van der Waals surface area contributed by atoms with E-state index in [1.165, 1.54) is 6.42 Å². The van der Waals surface area contributed by atoms with Crippen LogP contribution in [-0.2, 0) is 0 Å². The molecule has 0 spiro atoms. The molecule has 0 aromatic carbocycles. The molecule has 4 saturated carbocycles. The summed E-state index contributed by atoms with van der Waals surface area (Å²) >= 11 is 0. The Morgan fingerprint density at radius 2 is 1.29 bits per heavy atom. The van der Waals surface area contributed by atoms with Crippen LogP contribution in [-0.4, -0.2) is 23.5 Å². The maximum atomic E-state index is 10.9. The number of nitrogens with one attached hydrogen (secondary N) is 2. The third-order valence-corrected chi connectivity index (χ3v) is 5.78. The van der Waals surface area contributed by atoms with Crippen molar-refractivity contribution in [1.29, 1.82) is 0 Å². The van der Waals surface area contributed by atoms with Crippen molar-refractivity contribution in [1.82, 2.24) is 10.9 Å². The van der Waals surface area contributed by atoms with Gasteiger partial charge in [-0.05, 0) is 42.9 Å². The van der Waals surface area contributed by atoms with Gasteiger partial charge in [-0.15, -0.1) is 0 Å². The summed E-state index contributed by atoms with van der Waals surface area (Å²) in [5.74, 6) is 3.20. The minimum Gasteiger partial charge on any atom is -0.350 e. The molecule has 4 fully saturated rings. The topological polar surface area (TPSA) is 135 Å². The largest absolute Gasteiger partial charge is 0.350 e. The number of amides is 4. The molecule has 6 atom stereocenters. The number of carbonyl (C=O) groups excluding carboxylic acids is 2. The van der Waals surface area contributed by atoms with Crippen LogP contribution >= 0.6 is 0 Å². The van der Waals surface area contributed by atoms with Crippen molar-refractivity contribution in [2.45, 2.75) is 19.3 Å². The molecular formula is C13H18N6O2. The second-order valence-corrected chi connectivity index (χ2v) is 6.51. The quantitative estimate of drug-likeness (QED) is 0.531. The lowest BCUT2D eigenvalue weighted by molar-refractivity contribution is 0.241. The van der Waals surface area contributed by atoms with E-state index < -0.39 is 12.1 Å². The number of urea groups is 2. The van der Waals surface area contributed by atoms with Gasteiger partial charge in [0, 0.05) is 23.3 Å².